The molecule has 0 spiro atoms. The number of amides is 1. The van der Waals surface area contributed by atoms with Gasteiger partial charge in [0.05, 0.1) is 0 Å². The maximum Gasteiger partial charge on any atom is 0.222 e. The third kappa shape index (κ3) is 4.18. The highest BCUT2D eigenvalue weighted by Gasteiger charge is 2.28. The summed E-state index contributed by atoms with van der Waals surface area (Å²) in [6.07, 6.45) is 3.24. The van der Waals surface area contributed by atoms with Crippen molar-refractivity contribution in [2.45, 2.75) is 19.3 Å². The van der Waals surface area contributed by atoms with Gasteiger partial charge in [0.2, 0.25) is 5.91 Å². The number of hydrogen-bond acceptors (Lipinski definition) is 4. The number of likely N-dealkylation sites (tertiary alicyclic amines) is 1. The van der Waals surface area contributed by atoms with E-state index in [0.29, 0.717) is 17.7 Å². The minimum atomic E-state index is 0.393. The first-order valence-corrected chi connectivity index (χ1v) is 8.60. The summed E-state index contributed by atoms with van der Waals surface area (Å²) in [4.78, 5) is 19.5. The molecule has 3 rings (SSSR count). The topological polar surface area (TPSA) is 38.8 Å². The molecule has 1 unspecified atom stereocenters. The Hall–Kier alpha value is -0.650. The van der Waals surface area contributed by atoms with Crippen molar-refractivity contribution in [2.75, 3.05) is 66.0 Å². The van der Waals surface area contributed by atoms with Crippen LogP contribution in [-0.4, -0.2) is 86.6 Å². The molecule has 0 aliphatic carbocycles. The van der Waals surface area contributed by atoms with Crippen LogP contribution in [0.15, 0.2) is 0 Å². The fraction of sp³-hybridized carbons (Fsp3) is 0.938. The third-order valence-corrected chi connectivity index (χ3v) is 5.31. The molecule has 0 aromatic heterocycles. The van der Waals surface area contributed by atoms with Gasteiger partial charge < -0.3 is 20.0 Å². The van der Waals surface area contributed by atoms with Gasteiger partial charge in [-0.15, -0.1) is 0 Å². The first-order valence-electron chi connectivity index (χ1n) is 8.60. The number of hydrogen-bond donors (Lipinski definition) is 1. The molecule has 5 heteroatoms. The van der Waals surface area contributed by atoms with Crippen molar-refractivity contribution in [1.29, 1.82) is 0 Å². The number of carbonyl (C=O) groups excluding carboxylic acids is 1. The van der Waals surface area contributed by atoms with E-state index in [2.05, 4.69) is 27.1 Å². The smallest absolute Gasteiger partial charge is 0.222 e. The highest BCUT2D eigenvalue weighted by atomic mass is 16.2. The van der Waals surface area contributed by atoms with Gasteiger partial charge in [-0.05, 0) is 44.8 Å². The fourth-order valence-electron chi connectivity index (χ4n) is 3.71. The van der Waals surface area contributed by atoms with Crippen molar-refractivity contribution in [2.24, 2.45) is 11.8 Å². The predicted molar refractivity (Wildman–Crippen MR) is 84.2 cm³/mol. The monoisotopic (exact) mass is 294 g/mol. The van der Waals surface area contributed by atoms with Gasteiger partial charge in [0.1, 0.15) is 0 Å². The molecule has 0 bridgehead atoms. The van der Waals surface area contributed by atoms with Crippen LogP contribution in [0.5, 0.6) is 0 Å². The van der Waals surface area contributed by atoms with Crippen molar-refractivity contribution in [3.8, 4) is 0 Å². The summed E-state index contributed by atoms with van der Waals surface area (Å²) in [6, 6.07) is 0. The molecule has 1 N–H and O–H groups in total. The summed E-state index contributed by atoms with van der Waals surface area (Å²) < 4.78 is 0. The second-order valence-electron chi connectivity index (χ2n) is 7.18. The van der Waals surface area contributed by atoms with Crippen LogP contribution in [0.2, 0.25) is 0 Å². The third-order valence-electron chi connectivity index (χ3n) is 5.31. The van der Waals surface area contributed by atoms with Gasteiger partial charge in [0.15, 0.2) is 0 Å². The average molecular weight is 294 g/mol. The summed E-state index contributed by atoms with van der Waals surface area (Å²) in [7, 11) is 2.20. The Kier molecular flexibility index (Phi) is 5.14. The Balaban J connectivity index is 1.43. The zero-order valence-electron chi connectivity index (χ0n) is 13.4. The molecule has 0 aromatic rings. The molecular weight excluding hydrogens is 264 g/mol. The lowest BCUT2D eigenvalue weighted by molar-refractivity contribution is -0.134. The summed E-state index contributed by atoms with van der Waals surface area (Å²) in [5.41, 5.74) is 0. The standard InChI is InChI=1S/C16H30N4O/c1-18-5-7-19(8-6-18)12-14-3-2-4-20(13-14)16(21)9-15-10-17-11-15/h14-15,17H,2-13H2,1H3. The molecule has 1 atom stereocenters. The van der Waals surface area contributed by atoms with Crippen LogP contribution in [0.1, 0.15) is 19.3 Å². The van der Waals surface area contributed by atoms with Crippen LogP contribution in [-0.2, 0) is 4.79 Å². The molecule has 3 heterocycles. The van der Waals surface area contributed by atoms with E-state index >= 15 is 0 Å². The zero-order valence-corrected chi connectivity index (χ0v) is 13.4. The lowest BCUT2D eigenvalue weighted by Gasteiger charge is -2.39. The highest BCUT2D eigenvalue weighted by molar-refractivity contribution is 5.76. The van der Waals surface area contributed by atoms with Crippen LogP contribution < -0.4 is 5.32 Å². The molecule has 3 aliphatic heterocycles. The number of likely N-dealkylation sites (N-methyl/N-ethyl adjacent to an activating group) is 1. The molecular formula is C16H30N4O. The van der Waals surface area contributed by atoms with Crippen LogP contribution in [0.25, 0.3) is 0 Å². The molecule has 5 nitrogen and oxygen atoms in total. The minimum Gasteiger partial charge on any atom is -0.342 e. The van der Waals surface area contributed by atoms with Crippen LogP contribution >= 0.6 is 0 Å². The molecule has 0 radical (unpaired) electrons. The van der Waals surface area contributed by atoms with E-state index in [-0.39, 0.29) is 0 Å². The van der Waals surface area contributed by atoms with Gasteiger partial charge >= 0.3 is 0 Å². The molecule has 0 aromatic carbocycles. The van der Waals surface area contributed by atoms with E-state index in [1.54, 1.807) is 0 Å². The Bertz CT molecular complexity index is 350. The molecule has 0 saturated carbocycles. The number of nitrogens with zero attached hydrogens (tertiary/aromatic N) is 3. The normalized spacial score (nSPS) is 29.4. The largest absolute Gasteiger partial charge is 0.342 e. The van der Waals surface area contributed by atoms with Gasteiger partial charge in [-0.2, -0.15) is 0 Å². The van der Waals surface area contributed by atoms with Crippen LogP contribution in [0.4, 0.5) is 0 Å². The summed E-state index contributed by atoms with van der Waals surface area (Å²) in [5.74, 6) is 1.67. The maximum absolute atomic E-state index is 12.4. The molecule has 3 fully saturated rings. The SMILES string of the molecule is CN1CCN(CC2CCCN(C(=O)CC3CNC3)C2)CC1. The number of piperidine rings is 1. The molecule has 3 aliphatic rings. The lowest BCUT2D eigenvalue weighted by Crippen LogP contribution is -2.50. The second-order valence-corrected chi connectivity index (χ2v) is 7.18. The first-order chi connectivity index (χ1) is 10.2. The van der Waals surface area contributed by atoms with Crippen LogP contribution in [0, 0.1) is 11.8 Å². The molecule has 21 heavy (non-hydrogen) atoms. The summed E-state index contributed by atoms with van der Waals surface area (Å²) in [5, 5.41) is 3.25. The van der Waals surface area contributed by atoms with Crippen molar-refractivity contribution in [3.63, 3.8) is 0 Å². The van der Waals surface area contributed by atoms with Crippen LogP contribution in [0.3, 0.4) is 0 Å². The van der Waals surface area contributed by atoms with E-state index in [9.17, 15) is 4.79 Å². The Morgan fingerprint density at radius 1 is 1.10 bits per heavy atom. The van der Waals surface area contributed by atoms with Gasteiger partial charge in [0.25, 0.3) is 0 Å². The van der Waals surface area contributed by atoms with Crippen molar-refractivity contribution in [3.05, 3.63) is 0 Å². The molecule has 3 saturated heterocycles. The Morgan fingerprint density at radius 2 is 1.86 bits per heavy atom. The Morgan fingerprint density at radius 3 is 2.52 bits per heavy atom. The molecule has 1 amide bonds. The van der Waals surface area contributed by atoms with Gasteiger partial charge in [-0.1, -0.05) is 0 Å². The predicted octanol–water partition coefficient (Wildman–Crippen LogP) is 0.0819. The fourth-order valence-corrected chi connectivity index (χ4v) is 3.71. The lowest BCUT2D eigenvalue weighted by atomic mass is 9.94. The van der Waals surface area contributed by atoms with E-state index in [4.69, 9.17) is 0 Å². The second kappa shape index (κ2) is 7.07. The molecule has 120 valence electrons. The van der Waals surface area contributed by atoms with Crippen molar-refractivity contribution < 1.29 is 4.79 Å². The zero-order chi connectivity index (χ0) is 14.7. The quantitative estimate of drug-likeness (QED) is 0.797. The number of piperazine rings is 1. The number of rotatable bonds is 4. The van der Waals surface area contributed by atoms with Gasteiger partial charge in [-0.3, -0.25) is 4.79 Å². The number of nitrogens with one attached hydrogen (secondary N) is 1. The highest BCUT2D eigenvalue weighted by Crippen LogP contribution is 2.20. The van der Waals surface area contributed by atoms with E-state index in [1.165, 1.54) is 45.6 Å². The van der Waals surface area contributed by atoms with E-state index in [1.807, 2.05) is 0 Å². The average Bonchev–Trinajstić information content (AvgIpc) is 2.45. The number of carbonyl (C=O) groups is 1. The first kappa shape index (κ1) is 15.3. The van der Waals surface area contributed by atoms with Crippen molar-refractivity contribution in [1.82, 2.24) is 20.0 Å². The maximum atomic E-state index is 12.4. The van der Waals surface area contributed by atoms with Gasteiger partial charge in [-0.25, -0.2) is 0 Å². The van der Waals surface area contributed by atoms with Gasteiger partial charge in [0, 0.05) is 52.2 Å². The summed E-state index contributed by atoms with van der Waals surface area (Å²) in [6.45, 7) is 9.97. The van der Waals surface area contributed by atoms with E-state index < -0.39 is 0 Å². The van der Waals surface area contributed by atoms with Crippen molar-refractivity contribution >= 4 is 5.91 Å². The Labute approximate surface area is 128 Å². The minimum absolute atomic E-state index is 0.393. The summed E-state index contributed by atoms with van der Waals surface area (Å²) >= 11 is 0. The van der Waals surface area contributed by atoms with E-state index in [0.717, 1.165) is 32.6 Å².